The number of rotatable bonds is 7. The van der Waals surface area contributed by atoms with E-state index in [0.717, 1.165) is 19.6 Å². The van der Waals surface area contributed by atoms with Gasteiger partial charge in [0, 0.05) is 31.7 Å². The van der Waals surface area contributed by atoms with Gasteiger partial charge in [0.15, 0.2) is 0 Å². The van der Waals surface area contributed by atoms with Crippen molar-refractivity contribution in [2.24, 2.45) is 5.41 Å². The summed E-state index contributed by atoms with van der Waals surface area (Å²) in [5, 5.41) is 3.57. The second-order valence-corrected chi connectivity index (χ2v) is 6.00. The summed E-state index contributed by atoms with van der Waals surface area (Å²) in [5.74, 6) is 0. The molecule has 17 heavy (non-hydrogen) atoms. The van der Waals surface area contributed by atoms with Gasteiger partial charge >= 0.3 is 0 Å². The molecule has 0 saturated carbocycles. The molecule has 1 rings (SSSR count). The lowest BCUT2D eigenvalue weighted by atomic mass is 9.90. The number of nitrogens with one attached hydrogen (secondary N) is 1. The van der Waals surface area contributed by atoms with Gasteiger partial charge in [-0.1, -0.05) is 13.8 Å². The summed E-state index contributed by atoms with van der Waals surface area (Å²) >= 11 is 0. The van der Waals surface area contributed by atoms with Crippen LogP contribution in [0.25, 0.3) is 0 Å². The van der Waals surface area contributed by atoms with Crippen molar-refractivity contribution >= 4 is 6.47 Å². The highest BCUT2D eigenvalue weighted by Gasteiger charge is 2.31. The average Bonchev–Trinajstić information content (AvgIpc) is 2.57. The van der Waals surface area contributed by atoms with Gasteiger partial charge in [-0.05, 0) is 25.7 Å². The van der Waals surface area contributed by atoms with E-state index in [0.29, 0.717) is 30.6 Å². The Morgan fingerprint density at radius 2 is 2.24 bits per heavy atom. The van der Waals surface area contributed by atoms with Gasteiger partial charge < -0.3 is 10.1 Å². The Morgan fingerprint density at radius 1 is 1.53 bits per heavy atom. The second-order valence-electron chi connectivity index (χ2n) is 6.00. The number of nitrogens with zero attached hydrogens (tertiary/aromatic N) is 1. The van der Waals surface area contributed by atoms with Crippen LogP contribution in [0.1, 0.15) is 34.1 Å². The summed E-state index contributed by atoms with van der Waals surface area (Å²) in [6, 6.07) is 1.04. The van der Waals surface area contributed by atoms with Gasteiger partial charge in [-0.2, -0.15) is 0 Å². The maximum Gasteiger partial charge on any atom is 0.293 e. The van der Waals surface area contributed by atoms with Crippen LogP contribution in [0.4, 0.5) is 0 Å². The van der Waals surface area contributed by atoms with Crippen molar-refractivity contribution in [3.8, 4) is 0 Å². The van der Waals surface area contributed by atoms with Crippen molar-refractivity contribution in [2.45, 2.75) is 46.2 Å². The smallest absolute Gasteiger partial charge is 0.293 e. The van der Waals surface area contributed by atoms with E-state index in [1.165, 1.54) is 6.42 Å². The Bertz CT molecular complexity index is 242. The molecular formula is C13H26N2O2. The molecule has 1 unspecified atom stereocenters. The lowest BCUT2D eigenvalue weighted by Crippen LogP contribution is -2.42. The number of carbonyl (C=O) groups is 1. The lowest BCUT2D eigenvalue weighted by Gasteiger charge is -2.29. The highest BCUT2D eigenvalue weighted by molar-refractivity contribution is 5.36. The summed E-state index contributed by atoms with van der Waals surface area (Å²) < 4.78 is 4.78. The molecule has 1 aliphatic heterocycles. The van der Waals surface area contributed by atoms with Crippen LogP contribution in [0.5, 0.6) is 0 Å². The molecule has 0 aromatic heterocycles. The van der Waals surface area contributed by atoms with Crippen LogP contribution in [-0.4, -0.2) is 49.7 Å². The van der Waals surface area contributed by atoms with E-state index < -0.39 is 0 Å². The normalized spacial score (nSPS) is 23.3. The van der Waals surface area contributed by atoms with Crippen molar-refractivity contribution in [1.82, 2.24) is 10.2 Å². The van der Waals surface area contributed by atoms with Crippen molar-refractivity contribution in [3.05, 3.63) is 0 Å². The third-order valence-electron chi connectivity index (χ3n) is 3.42. The Hall–Kier alpha value is -0.610. The van der Waals surface area contributed by atoms with Crippen LogP contribution in [0.15, 0.2) is 0 Å². The molecule has 1 fully saturated rings. The van der Waals surface area contributed by atoms with Crippen LogP contribution in [0, 0.1) is 5.41 Å². The molecule has 0 bridgehead atoms. The molecule has 1 atom stereocenters. The zero-order valence-electron chi connectivity index (χ0n) is 11.5. The topological polar surface area (TPSA) is 41.6 Å². The molecule has 1 heterocycles. The Labute approximate surface area is 105 Å². The van der Waals surface area contributed by atoms with E-state index in [4.69, 9.17) is 4.74 Å². The average molecular weight is 242 g/mol. The Balaban J connectivity index is 2.36. The van der Waals surface area contributed by atoms with E-state index in [-0.39, 0.29) is 0 Å². The third kappa shape index (κ3) is 5.04. The molecule has 100 valence electrons. The zero-order chi connectivity index (χ0) is 12.9. The van der Waals surface area contributed by atoms with Gasteiger partial charge in [-0.25, -0.2) is 0 Å². The molecule has 0 aliphatic carbocycles. The Morgan fingerprint density at radius 3 is 2.71 bits per heavy atom. The minimum atomic E-state index is 0.409. The fourth-order valence-electron chi connectivity index (χ4n) is 2.42. The third-order valence-corrected chi connectivity index (χ3v) is 3.42. The van der Waals surface area contributed by atoms with Crippen molar-refractivity contribution < 1.29 is 9.53 Å². The van der Waals surface area contributed by atoms with E-state index in [2.05, 4.69) is 37.9 Å². The first-order valence-electron chi connectivity index (χ1n) is 6.47. The fourth-order valence-corrected chi connectivity index (χ4v) is 2.42. The molecule has 1 N–H and O–H groups in total. The predicted molar refractivity (Wildman–Crippen MR) is 68.9 cm³/mol. The molecule has 0 amide bonds. The van der Waals surface area contributed by atoms with Crippen molar-refractivity contribution in [1.29, 1.82) is 0 Å². The predicted octanol–water partition coefficient (Wildman–Crippen LogP) is 1.26. The second kappa shape index (κ2) is 6.36. The molecule has 0 radical (unpaired) electrons. The van der Waals surface area contributed by atoms with Gasteiger partial charge in [0.05, 0.1) is 0 Å². The minimum Gasteiger partial charge on any atom is -0.467 e. The summed E-state index contributed by atoms with van der Waals surface area (Å²) in [5.41, 5.74) is 0.409. The number of hydrogen-bond donors (Lipinski definition) is 1. The van der Waals surface area contributed by atoms with Gasteiger partial charge in [0.2, 0.25) is 0 Å². The van der Waals surface area contributed by atoms with Crippen molar-refractivity contribution in [2.75, 3.05) is 26.2 Å². The van der Waals surface area contributed by atoms with Crippen LogP contribution in [0.3, 0.4) is 0 Å². The number of hydrogen-bond acceptors (Lipinski definition) is 4. The first-order chi connectivity index (χ1) is 7.94. The van der Waals surface area contributed by atoms with Gasteiger partial charge in [-0.15, -0.1) is 0 Å². The van der Waals surface area contributed by atoms with Crippen LogP contribution < -0.4 is 5.32 Å². The van der Waals surface area contributed by atoms with Crippen molar-refractivity contribution in [3.63, 3.8) is 0 Å². The molecular weight excluding hydrogens is 216 g/mol. The maximum absolute atomic E-state index is 10.1. The molecule has 0 aromatic rings. The van der Waals surface area contributed by atoms with Crippen LogP contribution in [0.2, 0.25) is 0 Å². The number of ether oxygens (including phenoxy) is 1. The van der Waals surface area contributed by atoms with Gasteiger partial charge in [-0.3, -0.25) is 9.69 Å². The number of carbonyl (C=O) groups excluding carboxylic acids is 1. The van der Waals surface area contributed by atoms with E-state index >= 15 is 0 Å². The molecule has 0 spiro atoms. The highest BCUT2D eigenvalue weighted by Crippen LogP contribution is 2.27. The first kappa shape index (κ1) is 14.5. The molecule has 1 saturated heterocycles. The van der Waals surface area contributed by atoms with E-state index in [9.17, 15) is 4.79 Å². The quantitative estimate of drug-likeness (QED) is 0.539. The first-order valence-corrected chi connectivity index (χ1v) is 6.47. The molecule has 0 aromatic carbocycles. The van der Waals surface area contributed by atoms with E-state index in [1.807, 2.05) is 0 Å². The molecule has 1 aliphatic rings. The van der Waals surface area contributed by atoms with E-state index in [1.54, 1.807) is 0 Å². The van der Waals surface area contributed by atoms with Gasteiger partial charge in [0.1, 0.15) is 6.61 Å². The summed E-state index contributed by atoms with van der Waals surface area (Å²) in [6.45, 7) is 12.9. The summed E-state index contributed by atoms with van der Waals surface area (Å²) in [4.78, 5) is 12.5. The molecule has 4 nitrogen and oxygen atoms in total. The minimum absolute atomic E-state index is 0.409. The SMILES string of the molecule is CC(C)N(CCOC=O)CC1CC(C)(C)CN1. The Kier molecular flexibility index (Phi) is 5.40. The molecule has 4 heteroatoms. The lowest BCUT2D eigenvalue weighted by molar-refractivity contribution is -0.129. The maximum atomic E-state index is 10.1. The van der Waals surface area contributed by atoms with Crippen LogP contribution >= 0.6 is 0 Å². The monoisotopic (exact) mass is 242 g/mol. The zero-order valence-corrected chi connectivity index (χ0v) is 11.5. The van der Waals surface area contributed by atoms with Gasteiger partial charge in [0.25, 0.3) is 6.47 Å². The summed E-state index contributed by atoms with van der Waals surface area (Å²) in [7, 11) is 0. The highest BCUT2D eigenvalue weighted by atomic mass is 16.5. The fraction of sp³-hybridized carbons (Fsp3) is 0.923. The van der Waals surface area contributed by atoms with Crippen LogP contribution in [-0.2, 0) is 9.53 Å². The summed E-state index contributed by atoms with van der Waals surface area (Å²) in [6.07, 6.45) is 1.21. The largest absolute Gasteiger partial charge is 0.467 e. The standard InChI is InChI=1S/C13H26N2O2/c1-11(2)15(5-6-17-10-16)8-12-7-13(3,4)9-14-12/h10-12,14H,5-9H2,1-4H3.